The molecule has 1 aromatic heterocycles. The SMILES string of the molecule is O=C(CBr)c1cc(Oc2c(F)cc3c(ccn3S(=O)(=O)c3ccccc3)c2Br)ccc1F. The zero-order valence-electron chi connectivity index (χ0n) is 16.1. The van der Waals surface area contributed by atoms with Crippen molar-refractivity contribution in [1.82, 2.24) is 3.97 Å². The van der Waals surface area contributed by atoms with Crippen LogP contribution in [0.1, 0.15) is 10.4 Å². The lowest BCUT2D eigenvalue weighted by Crippen LogP contribution is -2.11. The average Bonchev–Trinajstić information content (AvgIpc) is 3.22. The molecule has 0 N–H and O–H groups in total. The molecule has 0 atom stereocenters. The topological polar surface area (TPSA) is 65.4 Å². The molecule has 3 aromatic carbocycles. The van der Waals surface area contributed by atoms with E-state index < -0.39 is 27.4 Å². The second-order valence-electron chi connectivity index (χ2n) is 6.66. The zero-order valence-corrected chi connectivity index (χ0v) is 20.0. The van der Waals surface area contributed by atoms with Gasteiger partial charge in [0.2, 0.25) is 0 Å². The van der Waals surface area contributed by atoms with Gasteiger partial charge in [0.1, 0.15) is 11.6 Å². The van der Waals surface area contributed by atoms with Crippen molar-refractivity contribution in [2.75, 3.05) is 5.33 Å². The molecule has 0 amide bonds. The van der Waals surface area contributed by atoms with Crippen molar-refractivity contribution in [3.63, 3.8) is 0 Å². The number of nitrogens with zero attached hydrogens (tertiary/aromatic N) is 1. The Morgan fingerprint density at radius 1 is 1.00 bits per heavy atom. The minimum atomic E-state index is -3.95. The number of fused-ring (bicyclic) bond motifs is 1. The van der Waals surface area contributed by atoms with Gasteiger partial charge in [-0.1, -0.05) is 34.1 Å². The van der Waals surface area contributed by atoms with Gasteiger partial charge in [0.15, 0.2) is 17.3 Å². The van der Waals surface area contributed by atoms with E-state index in [0.717, 1.165) is 16.1 Å². The molecule has 32 heavy (non-hydrogen) atoms. The summed E-state index contributed by atoms with van der Waals surface area (Å²) in [7, 11) is -3.95. The van der Waals surface area contributed by atoms with Crippen molar-refractivity contribution in [3.8, 4) is 11.5 Å². The van der Waals surface area contributed by atoms with E-state index in [4.69, 9.17) is 4.74 Å². The normalized spacial score (nSPS) is 11.6. The van der Waals surface area contributed by atoms with Gasteiger partial charge in [-0.25, -0.2) is 21.2 Å². The summed E-state index contributed by atoms with van der Waals surface area (Å²) in [6.45, 7) is 0. The Kier molecular flexibility index (Phi) is 6.19. The fraction of sp³-hybridized carbons (Fsp3) is 0.0455. The van der Waals surface area contributed by atoms with E-state index in [1.54, 1.807) is 18.2 Å². The summed E-state index contributed by atoms with van der Waals surface area (Å²) in [6.07, 6.45) is 1.33. The number of benzene rings is 3. The summed E-state index contributed by atoms with van der Waals surface area (Å²) in [5.41, 5.74) is -0.0862. The minimum absolute atomic E-state index is 0.0472. The van der Waals surface area contributed by atoms with Gasteiger partial charge in [0.05, 0.1) is 25.8 Å². The van der Waals surface area contributed by atoms with Crippen LogP contribution in [-0.4, -0.2) is 23.5 Å². The highest BCUT2D eigenvalue weighted by atomic mass is 79.9. The third-order valence-corrected chi connectivity index (χ3v) is 7.69. The van der Waals surface area contributed by atoms with Crippen LogP contribution in [0.2, 0.25) is 0 Å². The van der Waals surface area contributed by atoms with Gasteiger partial charge in [0, 0.05) is 17.6 Å². The first-order chi connectivity index (χ1) is 15.2. The van der Waals surface area contributed by atoms with Crippen molar-refractivity contribution in [3.05, 3.63) is 88.5 Å². The molecule has 4 rings (SSSR count). The van der Waals surface area contributed by atoms with Crippen molar-refractivity contribution in [1.29, 1.82) is 0 Å². The van der Waals surface area contributed by atoms with E-state index >= 15 is 4.39 Å². The quantitative estimate of drug-likeness (QED) is 0.197. The van der Waals surface area contributed by atoms with E-state index in [9.17, 15) is 17.6 Å². The van der Waals surface area contributed by atoms with Crippen molar-refractivity contribution < 1.29 is 26.7 Å². The number of hydrogen-bond donors (Lipinski definition) is 0. The maximum Gasteiger partial charge on any atom is 0.268 e. The summed E-state index contributed by atoms with van der Waals surface area (Å²) < 4.78 is 61.7. The van der Waals surface area contributed by atoms with E-state index in [-0.39, 0.29) is 37.3 Å². The zero-order chi connectivity index (χ0) is 23.0. The number of aromatic nitrogens is 1. The number of ketones is 1. The number of carbonyl (C=O) groups is 1. The molecule has 164 valence electrons. The van der Waals surface area contributed by atoms with Crippen LogP contribution in [0.5, 0.6) is 11.5 Å². The Labute approximate surface area is 198 Å². The number of carbonyl (C=O) groups excluding carboxylic acids is 1. The molecule has 1 heterocycles. The first kappa shape index (κ1) is 22.6. The maximum absolute atomic E-state index is 15.0. The molecule has 4 aromatic rings. The second-order valence-corrected chi connectivity index (χ2v) is 9.83. The summed E-state index contributed by atoms with van der Waals surface area (Å²) in [5, 5.41) is 0.306. The fourth-order valence-corrected chi connectivity index (χ4v) is 5.41. The molecular weight excluding hydrogens is 572 g/mol. The van der Waals surface area contributed by atoms with E-state index in [2.05, 4.69) is 31.9 Å². The van der Waals surface area contributed by atoms with Crippen LogP contribution < -0.4 is 4.74 Å². The van der Waals surface area contributed by atoms with Gasteiger partial charge in [-0.15, -0.1) is 0 Å². The Balaban J connectivity index is 1.79. The Bertz CT molecular complexity index is 1450. The van der Waals surface area contributed by atoms with Crippen LogP contribution >= 0.6 is 31.9 Å². The highest BCUT2D eigenvalue weighted by Gasteiger charge is 2.23. The lowest BCUT2D eigenvalue weighted by molar-refractivity contribution is 0.101. The fourth-order valence-electron chi connectivity index (χ4n) is 3.15. The minimum Gasteiger partial charge on any atom is -0.453 e. The highest BCUT2D eigenvalue weighted by Crippen LogP contribution is 2.40. The molecule has 0 spiro atoms. The third kappa shape index (κ3) is 3.98. The molecule has 0 aliphatic heterocycles. The third-order valence-electron chi connectivity index (χ3n) is 4.69. The number of alkyl halides is 1. The van der Waals surface area contributed by atoms with Gasteiger partial charge < -0.3 is 4.74 Å². The summed E-state index contributed by atoms with van der Waals surface area (Å²) in [6, 6.07) is 13.8. The Morgan fingerprint density at radius 2 is 1.72 bits per heavy atom. The molecule has 0 unspecified atom stereocenters. The smallest absolute Gasteiger partial charge is 0.268 e. The average molecular weight is 585 g/mol. The molecule has 0 aliphatic carbocycles. The first-order valence-corrected chi connectivity index (χ1v) is 12.5. The summed E-state index contributed by atoms with van der Waals surface area (Å²) in [5.74, 6) is -2.24. The maximum atomic E-state index is 15.0. The van der Waals surface area contributed by atoms with Crippen LogP contribution in [0.4, 0.5) is 8.78 Å². The van der Waals surface area contributed by atoms with Gasteiger partial charge in [0.25, 0.3) is 10.0 Å². The number of Topliss-reactive ketones (excluding diaryl/α,β-unsaturated/α-hetero) is 1. The highest BCUT2D eigenvalue weighted by molar-refractivity contribution is 9.10. The lowest BCUT2D eigenvalue weighted by Gasteiger charge is -2.13. The molecule has 5 nitrogen and oxygen atoms in total. The number of rotatable bonds is 6. The lowest BCUT2D eigenvalue weighted by atomic mass is 10.1. The van der Waals surface area contributed by atoms with E-state index in [1.165, 1.54) is 36.5 Å². The largest absolute Gasteiger partial charge is 0.453 e. The number of hydrogen-bond acceptors (Lipinski definition) is 4. The molecule has 0 radical (unpaired) electrons. The van der Waals surface area contributed by atoms with E-state index in [0.29, 0.717) is 5.39 Å². The molecule has 0 saturated carbocycles. The standard InChI is InChI=1S/C22H13Br2F2NO4S/c23-12-20(28)16-10-13(6-7-17(16)25)31-22-18(26)11-19-15(21(22)24)8-9-27(19)32(29,30)14-4-2-1-3-5-14/h1-11H,12H2. The van der Waals surface area contributed by atoms with Gasteiger partial charge in [-0.2, -0.15) is 0 Å². The Morgan fingerprint density at radius 3 is 2.41 bits per heavy atom. The van der Waals surface area contributed by atoms with Crippen molar-refractivity contribution in [2.24, 2.45) is 0 Å². The molecule has 0 aliphatic rings. The van der Waals surface area contributed by atoms with Crippen LogP contribution in [-0.2, 0) is 10.0 Å². The predicted octanol–water partition coefficient (Wildman–Crippen LogP) is 6.29. The van der Waals surface area contributed by atoms with Crippen LogP contribution in [0, 0.1) is 11.6 Å². The molecule has 0 fully saturated rings. The van der Waals surface area contributed by atoms with Gasteiger partial charge in [-0.05, 0) is 52.3 Å². The molecule has 0 saturated heterocycles. The molecule has 10 heteroatoms. The van der Waals surface area contributed by atoms with E-state index in [1.807, 2.05) is 0 Å². The number of ether oxygens (including phenoxy) is 1. The monoisotopic (exact) mass is 583 g/mol. The van der Waals surface area contributed by atoms with Crippen molar-refractivity contribution >= 4 is 58.6 Å². The van der Waals surface area contributed by atoms with Crippen LogP contribution in [0.15, 0.2) is 76.2 Å². The van der Waals surface area contributed by atoms with Crippen molar-refractivity contribution in [2.45, 2.75) is 4.90 Å². The van der Waals surface area contributed by atoms with Crippen LogP contribution in [0.25, 0.3) is 10.9 Å². The second kappa shape index (κ2) is 8.76. The Hall–Kier alpha value is -2.56. The van der Waals surface area contributed by atoms with Crippen LogP contribution in [0.3, 0.4) is 0 Å². The molecular formula is C22H13Br2F2NO4S. The first-order valence-electron chi connectivity index (χ1n) is 9.10. The summed E-state index contributed by atoms with van der Waals surface area (Å²) >= 11 is 6.27. The summed E-state index contributed by atoms with van der Waals surface area (Å²) in [4.78, 5) is 11.9. The van der Waals surface area contributed by atoms with Gasteiger partial charge >= 0.3 is 0 Å². The molecule has 0 bridgehead atoms. The van der Waals surface area contributed by atoms with Gasteiger partial charge in [-0.3, -0.25) is 4.79 Å². The predicted molar refractivity (Wildman–Crippen MR) is 123 cm³/mol. The number of halogens is 4.